The minimum atomic E-state index is -0.321. The van der Waals surface area contributed by atoms with Crippen LogP contribution in [0.5, 0.6) is 0 Å². The second-order valence-electron chi connectivity index (χ2n) is 6.18. The van der Waals surface area contributed by atoms with Gasteiger partial charge >= 0.3 is 0 Å². The van der Waals surface area contributed by atoms with Gasteiger partial charge in [-0.05, 0) is 43.4 Å². The lowest BCUT2D eigenvalue weighted by atomic mass is 9.72. The zero-order chi connectivity index (χ0) is 15.3. The van der Waals surface area contributed by atoms with Crippen LogP contribution in [-0.2, 0) is 6.42 Å². The van der Waals surface area contributed by atoms with Crippen molar-refractivity contribution in [3.63, 3.8) is 0 Å². The van der Waals surface area contributed by atoms with Crippen molar-refractivity contribution in [2.75, 3.05) is 6.54 Å². The summed E-state index contributed by atoms with van der Waals surface area (Å²) >= 11 is 6.03. The van der Waals surface area contributed by atoms with Gasteiger partial charge in [-0.1, -0.05) is 43.7 Å². The van der Waals surface area contributed by atoms with Crippen molar-refractivity contribution in [2.24, 2.45) is 11.1 Å². The first-order chi connectivity index (χ1) is 10.1. The molecule has 0 heterocycles. The zero-order valence-electron chi connectivity index (χ0n) is 12.3. The van der Waals surface area contributed by atoms with E-state index in [0.29, 0.717) is 18.0 Å². The van der Waals surface area contributed by atoms with E-state index in [1.54, 1.807) is 12.1 Å². The molecule has 0 saturated heterocycles. The van der Waals surface area contributed by atoms with Crippen LogP contribution in [0.15, 0.2) is 18.2 Å². The molecule has 2 rings (SSSR count). The van der Waals surface area contributed by atoms with Crippen molar-refractivity contribution in [1.82, 2.24) is 0 Å². The lowest BCUT2D eigenvalue weighted by Gasteiger charge is -2.34. The van der Waals surface area contributed by atoms with E-state index in [-0.39, 0.29) is 16.0 Å². The van der Waals surface area contributed by atoms with Gasteiger partial charge in [0.2, 0.25) is 0 Å². The molecule has 1 fully saturated rings. The summed E-state index contributed by atoms with van der Waals surface area (Å²) in [5, 5.41) is 11.8. The number of nitro groups is 1. The van der Waals surface area contributed by atoms with E-state index in [9.17, 15) is 10.1 Å². The molecule has 0 bridgehead atoms. The number of hydrogen-bond donors (Lipinski definition) is 1. The molecule has 4 nitrogen and oxygen atoms in total. The second kappa shape index (κ2) is 7.23. The number of rotatable bonds is 4. The zero-order valence-corrected chi connectivity index (χ0v) is 13.1. The third-order valence-electron chi connectivity index (χ3n) is 4.65. The van der Waals surface area contributed by atoms with Crippen molar-refractivity contribution in [2.45, 2.75) is 51.4 Å². The summed E-state index contributed by atoms with van der Waals surface area (Å²) in [5.74, 6) is 0. The summed E-state index contributed by atoms with van der Waals surface area (Å²) in [7, 11) is 0. The SMILES string of the molecule is NCC1(Cc2cc(Cl)ccc2[N+](=O)[O-])CCCCCCC1. The van der Waals surface area contributed by atoms with Gasteiger partial charge in [-0.25, -0.2) is 0 Å². The molecule has 2 N–H and O–H groups in total. The van der Waals surface area contributed by atoms with Crippen LogP contribution < -0.4 is 5.73 Å². The maximum atomic E-state index is 11.2. The van der Waals surface area contributed by atoms with Crippen LogP contribution in [0.3, 0.4) is 0 Å². The Morgan fingerprint density at radius 1 is 1.19 bits per heavy atom. The van der Waals surface area contributed by atoms with Gasteiger partial charge in [0.25, 0.3) is 5.69 Å². The Hall–Kier alpha value is -1.13. The summed E-state index contributed by atoms with van der Waals surface area (Å²) in [6.45, 7) is 0.580. The Kier molecular flexibility index (Phi) is 5.59. The predicted octanol–water partition coefficient (Wildman–Crippen LogP) is 4.48. The molecule has 0 atom stereocenters. The van der Waals surface area contributed by atoms with Crippen LogP contribution in [-0.4, -0.2) is 11.5 Å². The van der Waals surface area contributed by atoms with E-state index in [1.807, 2.05) is 0 Å². The topological polar surface area (TPSA) is 69.2 Å². The van der Waals surface area contributed by atoms with Gasteiger partial charge in [0.1, 0.15) is 0 Å². The quantitative estimate of drug-likeness (QED) is 0.658. The van der Waals surface area contributed by atoms with Crippen molar-refractivity contribution in [3.8, 4) is 0 Å². The molecule has 21 heavy (non-hydrogen) atoms. The van der Waals surface area contributed by atoms with Gasteiger partial charge in [-0.3, -0.25) is 10.1 Å². The fourth-order valence-electron chi connectivity index (χ4n) is 3.39. The number of nitrogens with two attached hydrogens (primary N) is 1. The fraction of sp³-hybridized carbons (Fsp3) is 0.625. The largest absolute Gasteiger partial charge is 0.330 e. The van der Waals surface area contributed by atoms with Gasteiger partial charge in [0.05, 0.1) is 4.92 Å². The molecule has 0 aromatic heterocycles. The first-order valence-electron chi connectivity index (χ1n) is 7.69. The molecule has 0 spiro atoms. The third-order valence-corrected chi connectivity index (χ3v) is 4.89. The molecule has 1 saturated carbocycles. The van der Waals surface area contributed by atoms with E-state index >= 15 is 0 Å². The van der Waals surface area contributed by atoms with E-state index in [4.69, 9.17) is 17.3 Å². The Morgan fingerprint density at radius 2 is 1.81 bits per heavy atom. The van der Waals surface area contributed by atoms with Crippen molar-refractivity contribution in [3.05, 3.63) is 38.9 Å². The van der Waals surface area contributed by atoms with Crippen molar-refractivity contribution in [1.29, 1.82) is 0 Å². The Labute approximate surface area is 130 Å². The molecule has 1 aromatic rings. The second-order valence-corrected chi connectivity index (χ2v) is 6.62. The first kappa shape index (κ1) is 16.2. The highest BCUT2D eigenvalue weighted by Crippen LogP contribution is 2.39. The maximum absolute atomic E-state index is 11.2. The van der Waals surface area contributed by atoms with Gasteiger partial charge in [-0.15, -0.1) is 0 Å². The summed E-state index contributed by atoms with van der Waals surface area (Å²) in [4.78, 5) is 10.9. The number of halogens is 1. The minimum absolute atomic E-state index is 0.0180. The summed E-state index contributed by atoms with van der Waals surface area (Å²) in [6.07, 6.45) is 8.83. The summed E-state index contributed by atoms with van der Waals surface area (Å²) in [6, 6.07) is 4.82. The number of nitro benzene ring substituents is 1. The number of nitrogens with zero attached hydrogens (tertiary/aromatic N) is 1. The van der Waals surface area contributed by atoms with Crippen LogP contribution >= 0.6 is 11.6 Å². The summed E-state index contributed by atoms with van der Waals surface area (Å²) in [5.41, 5.74) is 6.93. The lowest BCUT2D eigenvalue weighted by Crippen LogP contribution is -2.33. The van der Waals surface area contributed by atoms with Gasteiger partial charge in [0, 0.05) is 16.7 Å². The highest BCUT2D eigenvalue weighted by molar-refractivity contribution is 6.30. The number of benzene rings is 1. The Balaban J connectivity index is 2.28. The van der Waals surface area contributed by atoms with Gasteiger partial charge in [-0.2, -0.15) is 0 Å². The average Bonchev–Trinajstić information content (AvgIpc) is 2.42. The minimum Gasteiger partial charge on any atom is -0.330 e. The lowest BCUT2D eigenvalue weighted by molar-refractivity contribution is -0.385. The third kappa shape index (κ3) is 4.17. The predicted molar refractivity (Wildman–Crippen MR) is 85.6 cm³/mol. The van der Waals surface area contributed by atoms with E-state index in [2.05, 4.69) is 0 Å². The molecule has 1 aliphatic rings. The van der Waals surface area contributed by atoms with E-state index in [0.717, 1.165) is 31.2 Å². The van der Waals surface area contributed by atoms with Crippen LogP contribution in [0.4, 0.5) is 5.69 Å². The first-order valence-corrected chi connectivity index (χ1v) is 8.07. The molecule has 5 heteroatoms. The normalized spacial score (nSPS) is 18.8. The molecule has 0 radical (unpaired) electrons. The van der Waals surface area contributed by atoms with Crippen LogP contribution in [0.25, 0.3) is 0 Å². The van der Waals surface area contributed by atoms with Gasteiger partial charge in [0.15, 0.2) is 0 Å². The monoisotopic (exact) mass is 310 g/mol. The smallest absolute Gasteiger partial charge is 0.272 e. The van der Waals surface area contributed by atoms with Crippen molar-refractivity contribution >= 4 is 17.3 Å². The maximum Gasteiger partial charge on any atom is 0.272 e. The Morgan fingerprint density at radius 3 is 2.38 bits per heavy atom. The molecule has 116 valence electrons. The standard InChI is InChI=1S/C16H23ClN2O2/c17-14-6-7-15(19(20)21)13(10-14)11-16(12-18)8-4-2-1-3-5-9-16/h6-7,10H,1-5,8-9,11-12,18H2. The average molecular weight is 311 g/mol. The van der Waals surface area contributed by atoms with Crippen LogP contribution in [0.2, 0.25) is 5.02 Å². The molecule has 0 aliphatic heterocycles. The molecule has 1 aromatic carbocycles. The van der Waals surface area contributed by atoms with Crippen molar-refractivity contribution < 1.29 is 4.92 Å². The molecule has 0 unspecified atom stereocenters. The molecule has 0 amide bonds. The summed E-state index contributed by atoms with van der Waals surface area (Å²) < 4.78 is 0. The van der Waals surface area contributed by atoms with Crippen LogP contribution in [0, 0.1) is 15.5 Å². The van der Waals surface area contributed by atoms with E-state index < -0.39 is 0 Å². The highest BCUT2D eigenvalue weighted by atomic mass is 35.5. The van der Waals surface area contributed by atoms with Crippen LogP contribution in [0.1, 0.15) is 50.5 Å². The van der Waals surface area contributed by atoms with Gasteiger partial charge < -0.3 is 5.73 Å². The fourth-order valence-corrected chi connectivity index (χ4v) is 3.58. The number of hydrogen-bond acceptors (Lipinski definition) is 3. The molecular formula is C16H23ClN2O2. The molecule has 1 aliphatic carbocycles. The molecular weight excluding hydrogens is 288 g/mol. The van der Waals surface area contributed by atoms with E-state index in [1.165, 1.54) is 25.3 Å². The highest BCUT2D eigenvalue weighted by Gasteiger charge is 2.31. The Bertz CT molecular complexity index is 497.